The summed E-state index contributed by atoms with van der Waals surface area (Å²) in [6.07, 6.45) is -3.92. The Hall–Kier alpha value is -3.22. The van der Waals surface area contributed by atoms with Crippen molar-refractivity contribution in [2.24, 2.45) is 7.05 Å². The molecule has 8 nitrogen and oxygen atoms in total. The minimum absolute atomic E-state index is 0.0352. The van der Waals surface area contributed by atoms with Gasteiger partial charge in [0.25, 0.3) is 0 Å². The molecule has 0 atom stereocenters. The number of nitrogens with zero attached hydrogens (tertiary/aromatic N) is 3. The molecular formula is C24H25F3N4O4S. The molecule has 0 amide bonds. The smallest absolute Gasteiger partial charge is 0.406 e. The van der Waals surface area contributed by atoms with Gasteiger partial charge < -0.3 is 24.5 Å². The predicted octanol–water partition coefficient (Wildman–Crippen LogP) is 5.58. The molecule has 0 fully saturated rings. The molecule has 0 aliphatic carbocycles. The summed E-state index contributed by atoms with van der Waals surface area (Å²) in [6.45, 7) is 3.89. The number of aryl methyl sites for hydroxylation is 1. The van der Waals surface area contributed by atoms with Crippen LogP contribution in [0.25, 0.3) is 21.3 Å². The average Bonchev–Trinajstić information content (AvgIpc) is 3.31. The summed E-state index contributed by atoms with van der Waals surface area (Å²) in [5.41, 5.74) is 1.56. The molecule has 0 aliphatic heterocycles. The lowest BCUT2D eigenvalue weighted by Crippen LogP contribution is -2.26. The second-order valence-corrected chi connectivity index (χ2v) is 9.94. The molecule has 0 saturated carbocycles. The molecule has 2 aromatic heterocycles. The van der Waals surface area contributed by atoms with Gasteiger partial charge in [0.2, 0.25) is 5.95 Å². The summed E-state index contributed by atoms with van der Waals surface area (Å²) < 4.78 is 49.2. The van der Waals surface area contributed by atoms with Crippen LogP contribution >= 0.6 is 11.3 Å². The Morgan fingerprint density at radius 3 is 2.64 bits per heavy atom. The number of carbonyl (C=O) groups excluding carboxylic acids is 1. The number of thiazole rings is 1. The first-order valence-electron chi connectivity index (χ1n) is 11.1. The zero-order valence-electron chi connectivity index (χ0n) is 19.8. The number of ketones is 1. The van der Waals surface area contributed by atoms with Crippen LogP contribution in [0.3, 0.4) is 0 Å². The molecular weight excluding hydrogens is 497 g/mol. The van der Waals surface area contributed by atoms with E-state index in [9.17, 15) is 23.1 Å². The van der Waals surface area contributed by atoms with Crippen LogP contribution in [0, 0.1) is 0 Å². The van der Waals surface area contributed by atoms with Gasteiger partial charge in [0.1, 0.15) is 5.75 Å². The highest BCUT2D eigenvalue weighted by atomic mass is 32.1. The van der Waals surface area contributed by atoms with Gasteiger partial charge in [-0.05, 0) is 50.6 Å². The summed E-state index contributed by atoms with van der Waals surface area (Å²) in [4.78, 5) is 21.6. The minimum atomic E-state index is -4.77. The maximum atomic E-state index is 12.6. The summed E-state index contributed by atoms with van der Waals surface area (Å²) >= 11 is 1.17. The number of Topliss-reactive ketones (excluding diaryl/α,β-unsaturated/α-hetero) is 1. The average molecular weight is 523 g/mol. The monoisotopic (exact) mass is 522 g/mol. The number of halogens is 3. The fourth-order valence-electron chi connectivity index (χ4n) is 3.54. The van der Waals surface area contributed by atoms with Crippen molar-refractivity contribution in [3.8, 4) is 5.75 Å². The third-order valence-corrected chi connectivity index (χ3v) is 6.10. The quantitative estimate of drug-likeness (QED) is 0.207. The van der Waals surface area contributed by atoms with Crippen molar-refractivity contribution in [3.05, 3.63) is 42.0 Å². The molecule has 12 heteroatoms. The Morgan fingerprint density at radius 1 is 1.14 bits per heavy atom. The van der Waals surface area contributed by atoms with E-state index in [4.69, 9.17) is 4.74 Å². The Balaban J connectivity index is 1.44. The van der Waals surface area contributed by atoms with Crippen molar-refractivity contribution < 1.29 is 32.5 Å². The molecule has 0 aliphatic rings. The van der Waals surface area contributed by atoms with Crippen LogP contribution < -0.4 is 10.1 Å². The van der Waals surface area contributed by atoms with Gasteiger partial charge in [-0.1, -0.05) is 11.3 Å². The van der Waals surface area contributed by atoms with Gasteiger partial charge in [0, 0.05) is 31.7 Å². The molecule has 36 heavy (non-hydrogen) atoms. The van der Waals surface area contributed by atoms with Gasteiger partial charge in [-0.3, -0.25) is 4.79 Å². The highest BCUT2D eigenvalue weighted by Gasteiger charge is 2.31. The molecule has 2 heterocycles. The van der Waals surface area contributed by atoms with Crippen LogP contribution in [0.2, 0.25) is 0 Å². The van der Waals surface area contributed by atoms with E-state index in [1.165, 1.54) is 29.5 Å². The number of ether oxygens (including phenoxy) is 2. The number of aliphatic hydroxyl groups is 1. The van der Waals surface area contributed by atoms with E-state index in [1.54, 1.807) is 30.5 Å². The Labute approximate surface area is 208 Å². The molecule has 0 saturated heterocycles. The first-order chi connectivity index (χ1) is 16.9. The van der Waals surface area contributed by atoms with E-state index < -0.39 is 12.0 Å². The molecule has 0 spiro atoms. The van der Waals surface area contributed by atoms with Gasteiger partial charge in [-0.2, -0.15) is 0 Å². The van der Waals surface area contributed by atoms with Crippen molar-refractivity contribution in [2.75, 3.05) is 18.5 Å². The lowest BCUT2D eigenvalue weighted by molar-refractivity contribution is -0.274. The number of alkyl halides is 3. The number of imidazole rings is 1. The lowest BCUT2D eigenvalue weighted by atomic mass is 10.1. The summed E-state index contributed by atoms with van der Waals surface area (Å²) in [5, 5.41) is 13.2. The van der Waals surface area contributed by atoms with Gasteiger partial charge in [-0.15, -0.1) is 13.2 Å². The van der Waals surface area contributed by atoms with Crippen LogP contribution in [0.5, 0.6) is 5.75 Å². The standard InChI is InChI=1S/C24H25F3N4O4S/c1-23(2,33)13-34-10-4-5-19(32)14-6-9-18-17(11-14)28-21(31(18)3)30-22-29-16-8-7-15(12-20(16)36-22)35-24(25,26)27/h6-9,11-12,33H,4-5,10,13H2,1-3H3,(H,28,29,30). The zero-order chi connectivity index (χ0) is 26.1. The van der Waals surface area contributed by atoms with Crippen molar-refractivity contribution in [3.63, 3.8) is 0 Å². The van der Waals surface area contributed by atoms with E-state index in [1.807, 2.05) is 13.1 Å². The number of hydrogen-bond donors (Lipinski definition) is 2. The van der Waals surface area contributed by atoms with E-state index in [2.05, 4.69) is 20.0 Å². The zero-order valence-corrected chi connectivity index (χ0v) is 20.7. The van der Waals surface area contributed by atoms with E-state index in [0.29, 0.717) is 51.8 Å². The van der Waals surface area contributed by atoms with Crippen LogP contribution in [0.4, 0.5) is 24.3 Å². The van der Waals surface area contributed by atoms with Crippen LogP contribution in [0.15, 0.2) is 36.4 Å². The van der Waals surface area contributed by atoms with Crippen LogP contribution in [-0.2, 0) is 11.8 Å². The second-order valence-electron chi connectivity index (χ2n) is 8.91. The highest BCUT2D eigenvalue weighted by Crippen LogP contribution is 2.33. The molecule has 4 rings (SSSR count). The number of benzene rings is 2. The van der Waals surface area contributed by atoms with E-state index in [-0.39, 0.29) is 18.1 Å². The number of anilines is 2. The first-order valence-corrected chi connectivity index (χ1v) is 11.9. The van der Waals surface area contributed by atoms with Crippen LogP contribution in [-0.4, -0.2) is 50.6 Å². The summed E-state index contributed by atoms with van der Waals surface area (Å²) in [5.74, 6) is 0.126. The minimum Gasteiger partial charge on any atom is -0.406 e. The van der Waals surface area contributed by atoms with Gasteiger partial charge in [0.15, 0.2) is 10.9 Å². The predicted molar refractivity (Wildman–Crippen MR) is 131 cm³/mol. The maximum absolute atomic E-state index is 12.6. The molecule has 2 N–H and O–H groups in total. The van der Waals surface area contributed by atoms with Crippen molar-refractivity contribution >= 4 is 49.4 Å². The SMILES string of the molecule is Cn1c(Nc2nc3ccc(OC(F)(F)F)cc3s2)nc2cc(C(=O)CCCOCC(C)(C)O)ccc21. The van der Waals surface area contributed by atoms with Crippen molar-refractivity contribution in [1.82, 2.24) is 14.5 Å². The van der Waals surface area contributed by atoms with Crippen LogP contribution in [0.1, 0.15) is 37.0 Å². The Morgan fingerprint density at radius 2 is 1.92 bits per heavy atom. The van der Waals surface area contributed by atoms with Gasteiger partial charge in [-0.25, -0.2) is 9.97 Å². The fourth-order valence-corrected chi connectivity index (χ4v) is 4.43. The van der Waals surface area contributed by atoms with Gasteiger partial charge in [0.05, 0.1) is 33.5 Å². The fraction of sp³-hybridized carbons (Fsp3) is 0.375. The number of carbonyl (C=O) groups is 1. The molecule has 0 unspecified atom stereocenters. The molecule has 0 radical (unpaired) electrons. The molecule has 0 bridgehead atoms. The molecule has 2 aromatic carbocycles. The number of aromatic nitrogens is 3. The lowest BCUT2D eigenvalue weighted by Gasteiger charge is -2.16. The van der Waals surface area contributed by atoms with E-state index >= 15 is 0 Å². The third-order valence-electron chi connectivity index (χ3n) is 5.16. The third kappa shape index (κ3) is 6.50. The normalized spacial score (nSPS) is 12.4. The summed E-state index contributed by atoms with van der Waals surface area (Å²) in [7, 11) is 1.81. The number of nitrogens with one attached hydrogen (secondary N) is 1. The Bertz CT molecular complexity index is 1390. The maximum Gasteiger partial charge on any atom is 0.573 e. The topological polar surface area (TPSA) is 98.5 Å². The molecule has 192 valence electrons. The summed E-state index contributed by atoms with van der Waals surface area (Å²) in [6, 6.07) is 9.24. The van der Waals surface area contributed by atoms with E-state index in [0.717, 1.165) is 5.52 Å². The Kier molecular flexibility index (Phi) is 7.21. The second kappa shape index (κ2) is 10.0. The first kappa shape index (κ1) is 25.9. The molecule has 4 aromatic rings. The number of rotatable bonds is 10. The number of hydrogen-bond acceptors (Lipinski definition) is 8. The highest BCUT2D eigenvalue weighted by molar-refractivity contribution is 7.22. The number of fused-ring (bicyclic) bond motifs is 2. The van der Waals surface area contributed by atoms with Gasteiger partial charge >= 0.3 is 6.36 Å². The largest absolute Gasteiger partial charge is 0.573 e. The van der Waals surface area contributed by atoms with Crippen molar-refractivity contribution in [1.29, 1.82) is 0 Å². The van der Waals surface area contributed by atoms with Crippen molar-refractivity contribution in [2.45, 2.75) is 38.7 Å².